The van der Waals surface area contributed by atoms with Crippen molar-refractivity contribution in [3.8, 4) is 5.40 Å². The Bertz CT molecular complexity index is 144. The van der Waals surface area contributed by atoms with Crippen LogP contribution in [-0.2, 0) is 51.9 Å². The molecule has 0 aliphatic rings. The number of hydrogen-bond acceptors (Lipinski definition) is 4. The average molecular weight is 487 g/mol. The van der Waals surface area contributed by atoms with E-state index in [1.165, 1.54) is 18.6 Å². The molecule has 11 heavy (non-hydrogen) atoms. The van der Waals surface area contributed by atoms with Crippen LogP contribution in [-0.4, -0.2) is 10.3 Å². The Morgan fingerprint density at radius 2 is 1.36 bits per heavy atom. The van der Waals surface area contributed by atoms with Crippen molar-refractivity contribution in [2.45, 2.75) is 0 Å². The normalized spacial score (nSPS) is 3.36. The third-order valence-corrected chi connectivity index (χ3v) is 1.70. The van der Waals surface area contributed by atoms with E-state index in [0.29, 0.717) is 24.6 Å². The van der Waals surface area contributed by atoms with E-state index in [1.807, 2.05) is 5.40 Å². The first-order valence-electron chi connectivity index (χ1n) is 1.57. The van der Waals surface area contributed by atoms with Crippen molar-refractivity contribution in [1.29, 1.82) is 5.26 Å². The molecular weight excluding hydrogens is 487 g/mol. The maximum atomic E-state index is 7.64. The monoisotopic (exact) mass is 490 g/mol. The Hall–Kier alpha value is 1.30. The van der Waals surface area contributed by atoms with Gasteiger partial charge in [0.05, 0.1) is 0 Å². The Morgan fingerprint density at radius 3 is 1.36 bits per heavy atom. The van der Waals surface area contributed by atoms with Gasteiger partial charge in [-0.25, -0.2) is 0 Å². The van der Waals surface area contributed by atoms with Gasteiger partial charge in [0.1, 0.15) is 0 Å². The Morgan fingerprint density at radius 1 is 1.27 bits per heavy atom. The number of rotatable bonds is 0. The summed E-state index contributed by atoms with van der Waals surface area (Å²) >= 11 is 8.03. The van der Waals surface area contributed by atoms with Gasteiger partial charge in [0.15, 0.2) is 0 Å². The van der Waals surface area contributed by atoms with Crippen LogP contribution >= 0.6 is 32.7 Å². The second-order valence-electron chi connectivity index (χ2n) is 0.418. The quantitative estimate of drug-likeness (QED) is 0.227. The van der Waals surface area contributed by atoms with Crippen molar-refractivity contribution in [2.75, 3.05) is 0 Å². The molecule has 0 N–H and O–H groups in total. The molecule has 0 atom stereocenters. The molecule has 8 heteroatoms. The van der Waals surface area contributed by atoms with E-state index in [2.05, 4.69) is 24.4 Å². The molecule has 0 spiro atoms. The first-order chi connectivity index (χ1) is 4.74. The average Bonchev–Trinajstić information content (AvgIpc) is 1.91. The second-order valence-corrected chi connectivity index (χ2v) is 4.62. The van der Waals surface area contributed by atoms with Crippen LogP contribution in [0, 0.1) is 10.7 Å². The van der Waals surface area contributed by atoms with Crippen LogP contribution in [0.2, 0.25) is 0 Å². The van der Waals surface area contributed by atoms with Crippen LogP contribution in [0.5, 0.6) is 0 Å². The molecule has 0 aromatic carbocycles. The van der Waals surface area contributed by atoms with Crippen molar-refractivity contribution in [1.82, 2.24) is 0 Å². The van der Waals surface area contributed by atoms with Crippen LogP contribution in [0.1, 0.15) is 0 Å². The number of hydrogen-bond donors (Lipinski definition) is 0. The molecular formula is C3CdHgN3S3. The molecule has 0 saturated carbocycles. The third kappa shape index (κ3) is 185. The van der Waals surface area contributed by atoms with Gasteiger partial charge in [0.2, 0.25) is 0 Å². The fourth-order valence-corrected chi connectivity index (χ4v) is 0. The van der Waals surface area contributed by atoms with Gasteiger partial charge in [0.25, 0.3) is 0 Å². The number of nitriles is 1. The Balaban J connectivity index is -0.0000000325. The van der Waals surface area contributed by atoms with Gasteiger partial charge in [-0.1, -0.05) is 24.4 Å². The van der Waals surface area contributed by atoms with Crippen molar-refractivity contribution in [3.63, 3.8) is 0 Å². The Kier molecular flexibility index (Phi) is 88.5. The van der Waals surface area contributed by atoms with Gasteiger partial charge in [-0.05, 0) is 0 Å². The summed E-state index contributed by atoms with van der Waals surface area (Å²) in [7, 11) is 1.36. The van der Waals surface area contributed by atoms with Crippen molar-refractivity contribution in [3.05, 3.63) is 10.8 Å². The summed E-state index contributed by atoms with van der Waals surface area (Å²) in [6.07, 6.45) is 0. The minimum atomic E-state index is 0. The van der Waals surface area contributed by atoms with E-state index in [9.17, 15) is 0 Å². The summed E-state index contributed by atoms with van der Waals surface area (Å²) in [4.78, 5) is 0. The molecule has 0 saturated heterocycles. The molecule has 0 rings (SSSR count). The van der Waals surface area contributed by atoms with Gasteiger partial charge in [-0.3, -0.25) is 0 Å². The van der Waals surface area contributed by atoms with E-state index >= 15 is 0 Å². The number of isothiocyanates is 2. The summed E-state index contributed by atoms with van der Waals surface area (Å²) in [5.41, 5.74) is 0. The standard InChI is InChI=1S/CHNS.2CNS.Cd.Hg/c3*2-1-3;;/h3H;;;;/q;2*-1;+2;+1/p-1. The molecule has 3 nitrogen and oxygen atoms in total. The zero-order valence-corrected chi connectivity index (χ0v) is 17.5. The first-order valence-corrected chi connectivity index (χ1v) is 10.1. The molecule has 0 aromatic rings. The van der Waals surface area contributed by atoms with E-state index in [4.69, 9.17) is 16.1 Å². The molecule has 0 aromatic heterocycles. The van der Waals surface area contributed by atoms with E-state index in [1.54, 1.807) is 0 Å². The van der Waals surface area contributed by atoms with E-state index in [-0.39, 0.29) is 27.3 Å². The fraction of sp³-hybridized carbons (Fsp3) is 0. The van der Waals surface area contributed by atoms with Crippen molar-refractivity contribution < 1.29 is 51.9 Å². The summed E-state index contributed by atoms with van der Waals surface area (Å²) in [6.45, 7) is 0. The number of thiocyanates is 1. The van der Waals surface area contributed by atoms with Crippen LogP contribution in [0.25, 0.3) is 10.8 Å². The van der Waals surface area contributed by atoms with Gasteiger partial charge in [0, 0.05) is 0 Å². The maximum Gasteiger partial charge on any atom is 2.00 e. The molecule has 0 radical (unpaired) electrons. The molecule has 49 valence electrons. The van der Waals surface area contributed by atoms with E-state index < -0.39 is 0 Å². The van der Waals surface area contributed by atoms with Crippen molar-refractivity contribution >= 4 is 43.0 Å². The van der Waals surface area contributed by atoms with Gasteiger partial charge >= 0.3 is 70.8 Å². The summed E-state index contributed by atoms with van der Waals surface area (Å²) in [5.74, 6) is 0. The van der Waals surface area contributed by atoms with Crippen LogP contribution in [0.3, 0.4) is 0 Å². The zero-order chi connectivity index (χ0) is 8.83. The van der Waals surface area contributed by atoms with Crippen molar-refractivity contribution in [2.24, 2.45) is 0 Å². The van der Waals surface area contributed by atoms with Gasteiger partial charge < -0.3 is 10.8 Å². The molecule has 0 amide bonds. The fourth-order valence-electron chi connectivity index (χ4n) is 0. The molecule has 0 bridgehead atoms. The topological polar surface area (TPSA) is 68.4 Å². The zero-order valence-electron chi connectivity index (χ0n) is 5.48. The predicted octanol–water partition coefficient (Wildman–Crippen LogP) is 1.98. The maximum absolute atomic E-state index is 7.64. The SMILES string of the molecule is N#C[S][Hg].[Cd+2].[N-]=C=S.[N-]=C=S. The molecule has 0 aliphatic carbocycles. The van der Waals surface area contributed by atoms with Gasteiger partial charge in [-0.2, -0.15) is 10.3 Å². The van der Waals surface area contributed by atoms with E-state index in [0.717, 1.165) is 0 Å². The summed E-state index contributed by atoms with van der Waals surface area (Å²) in [6, 6.07) is 0. The van der Waals surface area contributed by atoms with Crippen LogP contribution < -0.4 is 0 Å². The minimum absolute atomic E-state index is 0. The third-order valence-electron chi connectivity index (χ3n) is 0.0645. The summed E-state index contributed by atoms with van der Waals surface area (Å²) in [5, 5.41) is 26.5. The number of thiocarbonyl (C=S) groups is 2. The summed E-state index contributed by atoms with van der Waals surface area (Å²) < 4.78 is 0. The first kappa shape index (κ1) is 22.8. The molecule has 0 fully saturated rings. The largest absolute Gasteiger partial charge is 2.00 e. The second kappa shape index (κ2) is 42.7. The predicted molar refractivity (Wildman–Crippen MR) is 45.1 cm³/mol. The molecule has 0 unspecified atom stereocenters. The number of nitrogens with zero attached hydrogens (tertiary/aromatic N) is 3. The molecule has 0 aliphatic heterocycles. The van der Waals surface area contributed by atoms with Crippen LogP contribution in [0.15, 0.2) is 0 Å². The molecule has 0 heterocycles. The smallest absolute Gasteiger partial charge is 0.753 e. The van der Waals surface area contributed by atoms with Gasteiger partial charge in [-0.15, -0.1) is 0 Å². The minimum Gasteiger partial charge on any atom is -0.753 e. The van der Waals surface area contributed by atoms with Crippen LogP contribution in [0.4, 0.5) is 0 Å². The Labute approximate surface area is 115 Å².